The van der Waals surface area contributed by atoms with Crippen molar-refractivity contribution in [1.82, 2.24) is 39.9 Å². The predicted octanol–water partition coefficient (Wildman–Crippen LogP) is 9.61. The number of rotatable bonds is 14. The highest BCUT2D eigenvalue weighted by atomic mass is 35.5. The molecule has 4 aromatic heterocycles. The second-order valence-corrected chi connectivity index (χ2v) is 21.2. The average Bonchev–Trinajstić information content (AvgIpc) is 3.36. The Morgan fingerprint density at radius 2 is 0.903 bits per heavy atom. The molecule has 0 radical (unpaired) electrons. The number of methoxy groups -OCH3 is 2. The first-order valence-corrected chi connectivity index (χ1v) is 25.2. The SMILES string of the molecule is COc1ccccc1Oc1c(Cl)nc(-c2ncccn2)nc1NS(=O)(=O)c1ccc(C(C)(C)C)cc1.COc1ccccc1Oc1c(NS(=O)(=O)c2ccc(C(C)(C)C)cc2)nc(-c2ncccn2)[nH]c1=O. The Balaban J connectivity index is 0.000000211. The zero-order valence-corrected chi connectivity index (χ0v) is 42.6. The summed E-state index contributed by atoms with van der Waals surface area (Å²) in [6.45, 7) is 12.2. The third-order valence-corrected chi connectivity index (χ3v) is 13.3. The molecule has 0 saturated carbocycles. The maximum atomic E-state index is 13.3. The Bertz CT molecular complexity index is 3470. The molecular weight excluding hydrogens is 984 g/mol. The summed E-state index contributed by atoms with van der Waals surface area (Å²) >= 11 is 6.47. The van der Waals surface area contributed by atoms with E-state index in [1.165, 1.54) is 63.3 Å². The highest BCUT2D eigenvalue weighted by Gasteiger charge is 2.27. The van der Waals surface area contributed by atoms with Crippen LogP contribution in [0.1, 0.15) is 52.7 Å². The number of halogens is 1. The predicted molar refractivity (Wildman–Crippen MR) is 272 cm³/mol. The number of sulfonamides is 2. The first-order chi connectivity index (χ1) is 34.2. The van der Waals surface area contributed by atoms with Gasteiger partial charge in [-0.15, -0.1) is 0 Å². The standard InChI is InChI=1S/C25H24ClN5O4S.C25H25N5O5S/c1-25(2,3)16-10-12-17(13-11-16)36(32,33)31-22-20(35-19-9-6-5-8-18(19)34-4)21(26)29-24(30-22)23-27-14-7-15-28-23;1-25(2,3)16-10-12-17(13-11-16)36(32,33)30-21-20(35-19-9-6-5-8-18(19)34-4)24(31)29-23(28-21)22-26-14-7-15-27-22/h5-15H,1-4H3,(H,29,30,31);5-15H,1-4H3,(H2,28,29,30,31). The molecule has 0 bridgehead atoms. The topological polar surface area (TPSA) is 252 Å². The molecule has 0 aliphatic heterocycles. The van der Waals surface area contributed by atoms with E-state index in [4.69, 9.17) is 30.5 Å². The van der Waals surface area contributed by atoms with E-state index in [0.717, 1.165) is 11.1 Å². The van der Waals surface area contributed by atoms with Crippen molar-refractivity contribution >= 4 is 43.3 Å². The third kappa shape index (κ3) is 12.5. The minimum atomic E-state index is -4.14. The van der Waals surface area contributed by atoms with Crippen molar-refractivity contribution in [3.05, 3.63) is 161 Å². The first kappa shape index (κ1) is 51.8. The molecule has 0 saturated heterocycles. The van der Waals surface area contributed by atoms with Crippen LogP contribution in [-0.2, 0) is 30.9 Å². The number of hydrogen-bond acceptors (Lipinski definition) is 16. The van der Waals surface area contributed by atoms with E-state index in [-0.39, 0.29) is 78.0 Å². The number of aromatic nitrogens is 8. The maximum Gasteiger partial charge on any atom is 0.296 e. The Kier molecular flexibility index (Phi) is 15.5. The summed E-state index contributed by atoms with van der Waals surface area (Å²) in [6, 6.07) is 29.8. The summed E-state index contributed by atoms with van der Waals surface area (Å²) in [5.41, 5.74) is 0.953. The maximum absolute atomic E-state index is 13.3. The molecule has 22 heteroatoms. The molecule has 0 spiro atoms. The van der Waals surface area contributed by atoms with Crippen LogP contribution in [0.2, 0.25) is 5.15 Å². The van der Waals surface area contributed by atoms with Gasteiger partial charge in [-0.3, -0.25) is 14.2 Å². The van der Waals surface area contributed by atoms with Gasteiger partial charge in [0.05, 0.1) is 24.0 Å². The van der Waals surface area contributed by atoms with Gasteiger partial charge in [-0.1, -0.05) is 102 Å². The lowest BCUT2D eigenvalue weighted by Gasteiger charge is -2.19. The number of aromatic amines is 1. The molecule has 0 fully saturated rings. The minimum Gasteiger partial charge on any atom is -0.493 e. The number of nitrogens with one attached hydrogen (secondary N) is 3. The van der Waals surface area contributed by atoms with Gasteiger partial charge in [0.15, 0.2) is 57.3 Å². The van der Waals surface area contributed by atoms with E-state index in [1.54, 1.807) is 84.9 Å². The number of benzene rings is 4. The molecule has 4 aromatic carbocycles. The summed E-state index contributed by atoms with van der Waals surface area (Å²) in [5, 5.41) is -0.140. The van der Waals surface area contributed by atoms with Gasteiger partial charge in [0, 0.05) is 24.8 Å². The fourth-order valence-electron chi connectivity index (χ4n) is 6.52. The lowest BCUT2D eigenvalue weighted by atomic mass is 9.87. The van der Waals surface area contributed by atoms with Gasteiger partial charge >= 0.3 is 0 Å². The molecular formula is C50H49ClN10O9S2. The van der Waals surface area contributed by atoms with Crippen molar-refractivity contribution in [3.63, 3.8) is 0 Å². The fourth-order valence-corrected chi connectivity index (χ4v) is 8.74. The summed E-state index contributed by atoms with van der Waals surface area (Å²) in [5.74, 6) is 0.541. The molecule has 0 amide bonds. The second kappa shape index (κ2) is 21.5. The van der Waals surface area contributed by atoms with Gasteiger partial charge < -0.3 is 23.9 Å². The zero-order valence-electron chi connectivity index (χ0n) is 40.2. The van der Waals surface area contributed by atoms with E-state index >= 15 is 0 Å². The molecule has 4 heterocycles. The van der Waals surface area contributed by atoms with Crippen LogP contribution >= 0.6 is 11.6 Å². The monoisotopic (exact) mass is 1030 g/mol. The average molecular weight is 1030 g/mol. The van der Waals surface area contributed by atoms with E-state index < -0.39 is 25.6 Å². The Labute approximate surface area is 421 Å². The van der Waals surface area contributed by atoms with Crippen LogP contribution in [0.4, 0.5) is 11.6 Å². The highest BCUT2D eigenvalue weighted by Crippen LogP contribution is 2.40. The van der Waals surface area contributed by atoms with Crippen LogP contribution in [0.5, 0.6) is 34.5 Å². The zero-order chi connectivity index (χ0) is 51.8. The van der Waals surface area contributed by atoms with Gasteiger partial charge in [-0.05, 0) is 82.6 Å². The molecule has 0 aliphatic carbocycles. The number of ether oxygens (including phenoxy) is 4. The molecule has 0 aliphatic rings. The molecule has 3 N–H and O–H groups in total. The lowest BCUT2D eigenvalue weighted by Crippen LogP contribution is -2.20. The van der Waals surface area contributed by atoms with Crippen LogP contribution in [0.15, 0.2) is 149 Å². The summed E-state index contributed by atoms with van der Waals surface area (Å²) in [6.07, 6.45) is 5.98. The Hall–Kier alpha value is -8.01. The number of anilines is 2. The van der Waals surface area contributed by atoms with E-state index in [0.29, 0.717) is 17.2 Å². The largest absolute Gasteiger partial charge is 0.493 e. The number of H-pyrrole nitrogens is 1. The van der Waals surface area contributed by atoms with E-state index in [1.807, 2.05) is 41.5 Å². The molecule has 19 nitrogen and oxygen atoms in total. The highest BCUT2D eigenvalue weighted by molar-refractivity contribution is 7.93. The minimum absolute atomic E-state index is 0.00154. The van der Waals surface area contributed by atoms with E-state index in [9.17, 15) is 21.6 Å². The van der Waals surface area contributed by atoms with E-state index in [2.05, 4.69) is 49.3 Å². The van der Waals surface area contributed by atoms with Gasteiger partial charge in [-0.2, -0.15) is 0 Å². The van der Waals surface area contributed by atoms with Gasteiger partial charge in [0.2, 0.25) is 17.3 Å². The van der Waals surface area contributed by atoms with Crippen molar-refractivity contribution in [1.29, 1.82) is 0 Å². The van der Waals surface area contributed by atoms with Crippen LogP contribution in [0.3, 0.4) is 0 Å². The number of para-hydroxylation sites is 4. The van der Waals surface area contributed by atoms with Gasteiger partial charge in [0.1, 0.15) is 0 Å². The van der Waals surface area contributed by atoms with Crippen LogP contribution < -0.4 is 34.0 Å². The lowest BCUT2D eigenvalue weighted by molar-refractivity contribution is 0.377. The Morgan fingerprint density at radius 3 is 1.33 bits per heavy atom. The summed E-state index contributed by atoms with van der Waals surface area (Å²) in [7, 11) is -5.27. The molecule has 8 aromatic rings. The molecule has 72 heavy (non-hydrogen) atoms. The molecule has 8 rings (SSSR count). The van der Waals surface area contributed by atoms with Crippen molar-refractivity contribution in [2.45, 2.75) is 62.2 Å². The van der Waals surface area contributed by atoms with Crippen molar-refractivity contribution in [3.8, 4) is 57.8 Å². The van der Waals surface area contributed by atoms with Gasteiger partial charge in [-0.25, -0.2) is 51.7 Å². The van der Waals surface area contributed by atoms with Crippen LogP contribution in [-0.4, -0.2) is 70.9 Å². The van der Waals surface area contributed by atoms with Crippen LogP contribution in [0.25, 0.3) is 23.3 Å². The Morgan fingerprint density at radius 1 is 0.500 bits per heavy atom. The molecule has 0 atom stereocenters. The summed E-state index contributed by atoms with van der Waals surface area (Å²) < 4.78 is 80.4. The smallest absolute Gasteiger partial charge is 0.296 e. The quantitative estimate of drug-likeness (QED) is 0.0857. The fraction of sp³-hybridized carbons (Fsp3) is 0.200. The van der Waals surface area contributed by atoms with Crippen molar-refractivity contribution in [2.24, 2.45) is 0 Å². The summed E-state index contributed by atoms with van der Waals surface area (Å²) in [4.78, 5) is 44.9. The first-order valence-electron chi connectivity index (χ1n) is 21.8. The van der Waals surface area contributed by atoms with Crippen molar-refractivity contribution < 1.29 is 35.8 Å². The van der Waals surface area contributed by atoms with Crippen LogP contribution in [0, 0.1) is 0 Å². The second-order valence-electron chi connectivity index (χ2n) is 17.5. The number of nitrogens with zero attached hydrogens (tertiary/aromatic N) is 7. The van der Waals surface area contributed by atoms with Crippen molar-refractivity contribution in [2.75, 3.05) is 23.7 Å². The number of hydrogen-bond donors (Lipinski definition) is 3. The normalized spacial score (nSPS) is 11.7. The molecule has 0 unspecified atom stereocenters. The third-order valence-electron chi connectivity index (χ3n) is 10.3. The van der Waals surface area contributed by atoms with Gasteiger partial charge in [0.25, 0.3) is 25.6 Å². The molecule has 372 valence electrons.